The summed E-state index contributed by atoms with van der Waals surface area (Å²) in [5, 5.41) is 3.65. The van der Waals surface area contributed by atoms with Gasteiger partial charge in [0.1, 0.15) is 11.3 Å². The van der Waals surface area contributed by atoms with Crippen LogP contribution in [0.5, 0.6) is 5.75 Å². The molecule has 2 aromatic carbocycles. The third kappa shape index (κ3) is 4.45. The Bertz CT molecular complexity index is 1210. The lowest BCUT2D eigenvalue weighted by atomic mass is 10.1. The van der Waals surface area contributed by atoms with Crippen LogP contribution in [0.1, 0.15) is 28.7 Å². The lowest BCUT2D eigenvalue weighted by molar-refractivity contribution is -0.149. The number of nitrogens with one attached hydrogen (secondary N) is 1. The average Bonchev–Trinajstić information content (AvgIpc) is 3.24. The third-order valence-corrected chi connectivity index (χ3v) is 5.41. The number of carbonyl (C=O) groups is 2. The monoisotopic (exact) mass is 421 g/mol. The number of ether oxygens (including phenoxy) is 2. The van der Waals surface area contributed by atoms with Gasteiger partial charge in [-0.05, 0) is 61.9 Å². The molecule has 1 amide bonds. The van der Waals surface area contributed by atoms with E-state index in [1.165, 1.54) is 0 Å². The van der Waals surface area contributed by atoms with Crippen LogP contribution in [-0.2, 0) is 27.2 Å². The number of hydrogen-bond acceptors (Lipinski definition) is 6. The molecule has 0 unspecified atom stereocenters. The Morgan fingerprint density at radius 1 is 1.03 bits per heavy atom. The molecule has 4 rings (SSSR count). The van der Waals surface area contributed by atoms with Gasteiger partial charge in [0.05, 0.1) is 0 Å². The van der Waals surface area contributed by atoms with Crippen molar-refractivity contribution in [1.82, 2.24) is 0 Å². The van der Waals surface area contributed by atoms with Gasteiger partial charge in [0.25, 0.3) is 5.91 Å². The van der Waals surface area contributed by atoms with Crippen LogP contribution in [0.2, 0.25) is 0 Å². The molecular weight excluding hydrogens is 398 g/mol. The van der Waals surface area contributed by atoms with Crippen molar-refractivity contribution < 1.29 is 23.5 Å². The maximum atomic E-state index is 12.1. The van der Waals surface area contributed by atoms with E-state index in [0.717, 1.165) is 46.9 Å². The van der Waals surface area contributed by atoms with E-state index in [1.807, 2.05) is 38.1 Å². The molecule has 1 aliphatic rings. The maximum Gasteiger partial charge on any atom is 0.344 e. The Morgan fingerprint density at radius 3 is 2.55 bits per heavy atom. The summed E-state index contributed by atoms with van der Waals surface area (Å²) in [7, 11) is 0. The zero-order chi connectivity index (χ0) is 22.0. The van der Waals surface area contributed by atoms with Crippen molar-refractivity contribution in [3.63, 3.8) is 0 Å². The summed E-state index contributed by atoms with van der Waals surface area (Å²) < 4.78 is 15.9. The molecule has 1 N–H and O–H groups in total. The summed E-state index contributed by atoms with van der Waals surface area (Å²) in [5.41, 5.74) is 4.48. The topological polar surface area (TPSA) is 94.8 Å². The summed E-state index contributed by atoms with van der Waals surface area (Å²) in [6.07, 6.45) is 2.54. The minimum absolute atomic E-state index is 0.313. The zero-order valence-electron chi connectivity index (χ0n) is 17.4. The zero-order valence-corrected chi connectivity index (χ0v) is 17.4. The number of fused-ring (bicyclic) bond motifs is 3. The first-order valence-corrected chi connectivity index (χ1v) is 10.2. The van der Waals surface area contributed by atoms with E-state index in [0.29, 0.717) is 17.0 Å². The SMILES string of the molecule is Cc1cccc(C)c1NC(=O)COC(=O)COc1ccc2c3c(c(=O)oc2c1)CCC3. The van der Waals surface area contributed by atoms with Gasteiger partial charge in [-0.1, -0.05) is 18.2 Å². The Hall–Kier alpha value is -3.61. The van der Waals surface area contributed by atoms with Gasteiger partial charge in [0.2, 0.25) is 0 Å². The van der Waals surface area contributed by atoms with Gasteiger partial charge in [-0.15, -0.1) is 0 Å². The molecule has 0 atom stereocenters. The van der Waals surface area contributed by atoms with Crippen molar-refractivity contribution in [2.45, 2.75) is 33.1 Å². The Kier molecular flexibility index (Phi) is 5.75. The predicted molar refractivity (Wildman–Crippen MR) is 116 cm³/mol. The number of aryl methyl sites for hydroxylation is 3. The predicted octanol–water partition coefficient (Wildman–Crippen LogP) is 3.46. The molecule has 0 fully saturated rings. The van der Waals surface area contributed by atoms with E-state index >= 15 is 0 Å². The first-order chi connectivity index (χ1) is 14.9. The van der Waals surface area contributed by atoms with Crippen molar-refractivity contribution in [2.24, 2.45) is 0 Å². The fourth-order valence-corrected chi connectivity index (χ4v) is 3.87. The van der Waals surface area contributed by atoms with Crippen molar-refractivity contribution in [2.75, 3.05) is 18.5 Å². The maximum absolute atomic E-state index is 12.1. The molecule has 160 valence electrons. The summed E-state index contributed by atoms with van der Waals surface area (Å²) >= 11 is 0. The van der Waals surface area contributed by atoms with Crippen LogP contribution in [0.15, 0.2) is 45.6 Å². The molecular formula is C24H23NO6. The van der Waals surface area contributed by atoms with Gasteiger partial charge in [-0.3, -0.25) is 4.79 Å². The lowest BCUT2D eigenvalue weighted by Gasteiger charge is -2.12. The van der Waals surface area contributed by atoms with Crippen LogP contribution < -0.4 is 15.7 Å². The molecule has 0 saturated carbocycles. The van der Waals surface area contributed by atoms with Crippen LogP contribution in [0.4, 0.5) is 5.69 Å². The highest BCUT2D eigenvalue weighted by Gasteiger charge is 2.20. The lowest BCUT2D eigenvalue weighted by Crippen LogP contribution is -2.24. The summed E-state index contributed by atoms with van der Waals surface area (Å²) in [6.45, 7) is 3.01. The van der Waals surface area contributed by atoms with Crippen molar-refractivity contribution in [1.29, 1.82) is 0 Å². The minimum atomic E-state index is -0.674. The quantitative estimate of drug-likeness (QED) is 0.484. The molecule has 0 aliphatic heterocycles. The van der Waals surface area contributed by atoms with Gasteiger partial charge >= 0.3 is 11.6 Å². The highest BCUT2D eigenvalue weighted by molar-refractivity contribution is 5.94. The number of anilines is 1. The van der Waals surface area contributed by atoms with Crippen LogP contribution in [0.3, 0.4) is 0 Å². The standard InChI is InChI=1S/C24H23NO6/c1-14-5-3-6-15(2)23(14)25-21(26)12-30-22(27)13-29-16-9-10-18-17-7-4-8-19(17)24(28)31-20(18)11-16/h3,5-6,9-11H,4,7-8,12-13H2,1-2H3,(H,25,26). The number of para-hydroxylation sites is 1. The smallest absolute Gasteiger partial charge is 0.344 e. The van der Waals surface area contributed by atoms with E-state index in [2.05, 4.69) is 5.32 Å². The fourth-order valence-electron chi connectivity index (χ4n) is 3.87. The van der Waals surface area contributed by atoms with Crippen LogP contribution in [0, 0.1) is 13.8 Å². The Balaban J connectivity index is 1.32. The van der Waals surface area contributed by atoms with E-state index in [1.54, 1.807) is 12.1 Å². The largest absolute Gasteiger partial charge is 0.482 e. The molecule has 0 spiro atoms. The van der Waals surface area contributed by atoms with Gasteiger partial charge in [0, 0.05) is 22.7 Å². The number of benzene rings is 2. The van der Waals surface area contributed by atoms with E-state index in [4.69, 9.17) is 13.9 Å². The minimum Gasteiger partial charge on any atom is -0.482 e. The van der Waals surface area contributed by atoms with Gasteiger partial charge in [0.15, 0.2) is 13.2 Å². The molecule has 7 heteroatoms. The number of hydrogen-bond donors (Lipinski definition) is 1. The van der Waals surface area contributed by atoms with E-state index in [-0.39, 0.29) is 12.2 Å². The second-order valence-corrected chi connectivity index (χ2v) is 7.62. The average molecular weight is 421 g/mol. The molecule has 1 aromatic heterocycles. The van der Waals surface area contributed by atoms with Crippen LogP contribution >= 0.6 is 0 Å². The summed E-state index contributed by atoms with van der Waals surface area (Å²) in [6, 6.07) is 10.8. The number of carbonyl (C=O) groups excluding carboxylic acids is 2. The fraction of sp³-hybridized carbons (Fsp3) is 0.292. The number of amides is 1. The van der Waals surface area contributed by atoms with E-state index < -0.39 is 18.5 Å². The second-order valence-electron chi connectivity index (χ2n) is 7.62. The second kappa shape index (κ2) is 8.63. The first kappa shape index (κ1) is 20.7. The normalized spacial score (nSPS) is 12.5. The van der Waals surface area contributed by atoms with Crippen molar-refractivity contribution in [3.05, 3.63) is 69.1 Å². The highest BCUT2D eigenvalue weighted by Crippen LogP contribution is 2.29. The third-order valence-electron chi connectivity index (χ3n) is 5.41. The summed E-state index contributed by atoms with van der Waals surface area (Å²) in [5.74, 6) is -0.718. The Morgan fingerprint density at radius 2 is 1.77 bits per heavy atom. The number of rotatable bonds is 6. The highest BCUT2D eigenvalue weighted by atomic mass is 16.6. The van der Waals surface area contributed by atoms with Crippen molar-refractivity contribution in [3.8, 4) is 5.75 Å². The molecule has 0 radical (unpaired) electrons. The molecule has 3 aromatic rings. The van der Waals surface area contributed by atoms with Crippen LogP contribution in [0.25, 0.3) is 11.0 Å². The Labute approximate surface area is 179 Å². The van der Waals surface area contributed by atoms with Crippen molar-refractivity contribution >= 4 is 28.5 Å². The van der Waals surface area contributed by atoms with Crippen LogP contribution in [-0.4, -0.2) is 25.1 Å². The molecule has 31 heavy (non-hydrogen) atoms. The molecule has 1 aliphatic carbocycles. The number of esters is 1. The molecule has 7 nitrogen and oxygen atoms in total. The molecule has 0 bridgehead atoms. The first-order valence-electron chi connectivity index (χ1n) is 10.2. The van der Waals surface area contributed by atoms with E-state index in [9.17, 15) is 14.4 Å². The molecule has 1 heterocycles. The van der Waals surface area contributed by atoms with Gasteiger partial charge in [-0.2, -0.15) is 0 Å². The van der Waals surface area contributed by atoms with Gasteiger partial charge < -0.3 is 19.2 Å². The van der Waals surface area contributed by atoms with Gasteiger partial charge in [-0.25, -0.2) is 9.59 Å². The summed E-state index contributed by atoms with van der Waals surface area (Å²) in [4.78, 5) is 36.2. The molecule has 0 saturated heterocycles.